The number of thioether (sulfide) groups is 1. The van der Waals surface area contributed by atoms with E-state index in [0.29, 0.717) is 6.04 Å². The van der Waals surface area contributed by atoms with Crippen molar-refractivity contribution in [2.75, 3.05) is 6.26 Å². The zero-order chi connectivity index (χ0) is 11.4. The lowest BCUT2D eigenvalue weighted by Crippen LogP contribution is -2.36. The van der Waals surface area contributed by atoms with Crippen LogP contribution in [0.5, 0.6) is 0 Å². The largest absolute Gasteiger partial charge is 0.311 e. The number of rotatable bonds is 5. The molecule has 1 fully saturated rings. The highest BCUT2D eigenvalue weighted by Crippen LogP contribution is 2.28. The Kier molecular flexibility index (Phi) is 4.74. The molecule has 90 valence electrons. The second kappa shape index (κ2) is 6.08. The minimum atomic E-state index is 0.611. The van der Waals surface area contributed by atoms with Crippen LogP contribution < -0.4 is 5.32 Å². The maximum atomic E-state index is 3.77. The monoisotopic (exact) mass is 255 g/mol. The van der Waals surface area contributed by atoms with Crippen LogP contribution in [0.3, 0.4) is 0 Å². The molecule has 2 rings (SSSR count). The van der Waals surface area contributed by atoms with Crippen molar-refractivity contribution in [1.82, 2.24) is 5.32 Å². The molecule has 0 aromatic carbocycles. The maximum absolute atomic E-state index is 3.77. The Morgan fingerprint density at radius 1 is 1.56 bits per heavy atom. The lowest BCUT2D eigenvalue weighted by atomic mass is 10.1. The van der Waals surface area contributed by atoms with Crippen molar-refractivity contribution in [1.29, 1.82) is 0 Å². The summed E-state index contributed by atoms with van der Waals surface area (Å²) in [6.45, 7) is 2.31. The lowest BCUT2D eigenvalue weighted by molar-refractivity contribution is 0.449. The van der Waals surface area contributed by atoms with Crippen molar-refractivity contribution in [3.8, 4) is 0 Å². The summed E-state index contributed by atoms with van der Waals surface area (Å²) in [5.74, 6) is 0. The molecule has 3 heteroatoms. The number of nitrogens with one attached hydrogen (secondary N) is 1. The van der Waals surface area contributed by atoms with Crippen LogP contribution in [0.15, 0.2) is 16.8 Å². The first-order valence-electron chi connectivity index (χ1n) is 6.08. The lowest BCUT2D eigenvalue weighted by Gasteiger charge is -2.19. The van der Waals surface area contributed by atoms with Gasteiger partial charge >= 0.3 is 0 Å². The van der Waals surface area contributed by atoms with Gasteiger partial charge in [-0.25, -0.2) is 0 Å². The highest BCUT2D eigenvalue weighted by molar-refractivity contribution is 7.99. The van der Waals surface area contributed by atoms with Crippen molar-refractivity contribution in [3.63, 3.8) is 0 Å². The molecular formula is C13H21NS2. The third kappa shape index (κ3) is 3.51. The van der Waals surface area contributed by atoms with E-state index in [4.69, 9.17) is 0 Å². The van der Waals surface area contributed by atoms with Crippen LogP contribution >= 0.6 is 23.1 Å². The fourth-order valence-corrected chi connectivity index (χ4v) is 4.01. The number of thiophene rings is 1. The van der Waals surface area contributed by atoms with Gasteiger partial charge < -0.3 is 5.32 Å². The Hall–Kier alpha value is 0.01000. The van der Waals surface area contributed by atoms with Crippen LogP contribution in [0.4, 0.5) is 0 Å². The molecule has 0 radical (unpaired) electrons. The van der Waals surface area contributed by atoms with E-state index >= 15 is 0 Å². The van der Waals surface area contributed by atoms with Crippen molar-refractivity contribution in [2.24, 2.45) is 0 Å². The molecule has 1 saturated carbocycles. The molecule has 16 heavy (non-hydrogen) atoms. The normalized spacial score (nSPS) is 27.1. The number of hydrogen-bond acceptors (Lipinski definition) is 3. The van der Waals surface area contributed by atoms with Gasteiger partial charge in [0.15, 0.2) is 0 Å². The first-order chi connectivity index (χ1) is 7.78. The molecule has 1 heterocycles. The van der Waals surface area contributed by atoms with Gasteiger partial charge in [0.2, 0.25) is 0 Å². The molecule has 3 unspecified atom stereocenters. The summed E-state index contributed by atoms with van der Waals surface area (Å²) in [5.41, 5.74) is 1.48. The second-order valence-electron chi connectivity index (χ2n) is 4.77. The van der Waals surface area contributed by atoms with E-state index < -0.39 is 0 Å². The van der Waals surface area contributed by atoms with E-state index in [1.165, 1.54) is 31.2 Å². The van der Waals surface area contributed by atoms with Crippen LogP contribution in [0.2, 0.25) is 0 Å². The van der Waals surface area contributed by atoms with Gasteiger partial charge in [0.05, 0.1) is 0 Å². The average molecular weight is 255 g/mol. The van der Waals surface area contributed by atoms with E-state index in [1.54, 1.807) is 11.3 Å². The van der Waals surface area contributed by atoms with Crippen LogP contribution in [-0.2, 0) is 6.42 Å². The Balaban J connectivity index is 1.73. The van der Waals surface area contributed by atoms with E-state index in [2.05, 4.69) is 35.3 Å². The van der Waals surface area contributed by atoms with Crippen LogP contribution in [0.25, 0.3) is 0 Å². The van der Waals surface area contributed by atoms with Gasteiger partial charge in [0.25, 0.3) is 0 Å². The van der Waals surface area contributed by atoms with Crippen molar-refractivity contribution < 1.29 is 0 Å². The molecule has 1 aromatic rings. The molecule has 1 nitrogen and oxygen atoms in total. The quantitative estimate of drug-likeness (QED) is 0.863. The van der Waals surface area contributed by atoms with E-state index in [9.17, 15) is 0 Å². The summed E-state index contributed by atoms with van der Waals surface area (Å²) in [7, 11) is 0. The summed E-state index contributed by atoms with van der Waals surface area (Å²) in [6.07, 6.45) is 7.52. The predicted molar refractivity (Wildman–Crippen MR) is 75.6 cm³/mol. The molecule has 0 saturated heterocycles. The molecule has 1 N–H and O–H groups in total. The minimum absolute atomic E-state index is 0.611. The highest BCUT2D eigenvalue weighted by Gasteiger charge is 2.24. The Bertz CT molecular complexity index is 297. The summed E-state index contributed by atoms with van der Waals surface area (Å²) in [6, 6.07) is 3.61. The van der Waals surface area contributed by atoms with Gasteiger partial charge in [-0.3, -0.25) is 0 Å². The smallest absolute Gasteiger partial charge is 0.00820 e. The molecule has 1 aromatic heterocycles. The molecule has 3 atom stereocenters. The van der Waals surface area contributed by atoms with E-state index in [-0.39, 0.29) is 0 Å². The first kappa shape index (κ1) is 12.5. The van der Waals surface area contributed by atoms with Crippen molar-refractivity contribution in [3.05, 3.63) is 22.4 Å². The minimum Gasteiger partial charge on any atom is -0.311 e. The topological polar surface area (TPSA) is 12.0 Å². The van der Waals surface area contributed by atoms with Gasteiger partial charge in [0.1, 0.15) is 0 Å². The molecule has 1 aliphatic carbocycles. The summed E-state index contributed by atoms with van der Waals surface area (Å²) in [5, 5.41) is 9.10. The van der Waals surface area contributed by atoms with Crippen LogP contribution in [0, 0.1) is 0 Å². The fourth-order valence-electron chi connectivity index (χ4n) is 2.53. The first-order valence-corrected chi connectivity index (χ1v) is 8.31. The zero-order valence-corrected chi connectivity index (χ0v) is 11.7. The van der Waals surface area contributed by atoms with Crippen LogP contribution in [-0.4, -0.2) is 23.6 Å². The molecule has 0 amide bonds. The van der Waals surface area contributed by atoms with E-state index in [1.807, 2.05) is 11.8 Å². The second-order valence-corrected chi connectivity index (χ2v) is 6.69. The van der Waals surface area contributed by atoms with Crippen molar-refractivity contribution in [2.45, 2.75) is 49.9 Å². The van der Waals surface area contributed by atoms with Crippen molar-refractivity contribution >= 4 is 23.1 Å². The number of hydrogen-bond donors (Lipinski definition) is 1. The Morgan fingerprint density at radius 2 is 2.44 bits per heavy atom. The fraction of sp³-hybridized carbons (Fsp3) is 0.692. The molecule has 0 spiro atoms. The van der Waals surface area contributed by atoms with Gasteiger partial charge in [-0.2, -0.15) is 23.1 Å². The summed E-state index contributed by atoms with van der Waals surface area (Å²) in [4.78, 5) is 0. The molecule has 0 bridgehead atoms. The van der Waals surface area contributed by atoms with E-state index in [0.717, 1.165) is 11.3 Å². The average Bonchev–Trinajstić information content (AvgIpc) is 2.89. The Labute approximate surface area is 107 Å². The standard InChI is InChI=1S/C13H21NS2/c1-10(7-11-5-6-16-9-11)14-12-3-4-13(8-12)15-2/h5-6,9-10,12-14H,3-4,7-8H2,1-2H3. The predicted octanol–water partition coefficient (Wildman–Crippen LogP) is 3.55. The third-order valence-corrected chi connectivity index (χ3v) is 5.19. The van der Waals surface area contributed by atoms with Gasteiger partial charge in [0, 0.05) is 17.3 Å². The zero-order valence-electron chi connectivity index (χ0n) is 10.1. The SMILES string of the molecule is CSC1CCC(NC(C)Cc2ccsc2)C1. The van der Waals surface area contributed by atoms with Crippen LogP contribution in [0.1, 0.15) is 31.7 Å². The van der Waals surface area contributed by atoms with Gasteiger partial charge in [-0.15, -0.1) is 0 Å². The molecule has 1 aliphatic rings. The summed E-state index contributed by atoms with van der Waals surface area (Å²) >= 11 is 3.83. The maximum Gasteiger partial charge on any atom is 0.00820 e. The van der Waals surface area contributed by atoms with Gasteiger partial charge in [-0.1, -0.05) is 0 Å². The Morgan fingerprint density at radius 3 is 3.06 bits per heavy atom. The van der Waals surface area contributed by atoms with Gasteiger partial charge in [-0.05, 0) is 61.3 Å². The highest BCUT2D eigenvalue weighted by atomic mass is 32.2. The molecular weight excluding hydrogens is 234 g/mol. The summed E-state index contributed by atoms with van der Waals surface area (Å²) < 4.78 is 0. The molecule has 0 aliphatic heterocycles. The third-order valence-electron chi connectivity index (χ3n) is 3.36.